The molecular weight excluding hydrogens is 638 g/mol. The summed E-state index contributed by atoms with van der Waals surface area (Å²) in [5.41, 5.74) is 6.02. The Bertz CT molecular complexity index is 1170. The van der Waals surface area contributed by atoms with E-state index in [0.29, 0.717) is 25.5 Å². The number of aldehydes is 1. The van der Waals surface area contributed by atoms with Gasteiger partial charge in [-0.25, -0.2) is 0 Å². The Labute approximate surface area is 289 Å². The van der Waals surface area contributed by atoms with Crippen molar-refractivity contribution in [3.8, 4) is 0 Å². The van der Waals surface area contributed by atoms with Crippen LogP contribution in [-0.4, -0.2) is 118 Å². The normalized spacial score (nSPS) is 20.7. The Morgan fingerprint density at radius 1 is 0.714 bits per heavy atom. The van der Waals surface area contributed by atoms with Gasteiger partial charge in [-0.2, -0.15) is 0 Å². The summed E-state index contributed by atoms with van der Waals surface area (Å²) in [5, 5.41) is 33.2. The van der Waals surface area contributed by atoms with E-state index in [9.17, 15) is 43.8 Å². The predicted octanol–water partition coefficient (Wildman–Crippen LogP) is -1.54. The van der Waals surface area contributed by atoms with Crippen LogP contribution in [0.1, 0.15) is 88.0 Å². The van der Waals surface area contributed by atoms with Crippen molar-refractivity contribution in [2.45, 2.75) is 142 Å². The molecule has 9 N–H and O–H groups in total. The van der Waals surface area contributed by atoms with E-state index in [2.05, 4.69) is 26.6 Å². The zero-order valence-electron chi connectivity index (χ0n) is 30.3. The molecule has 0 aromatic carbocycles. The Morgan fingerprint density at radius 3 is 1.65 bits per heavy atom. The Kier molecular flexibility index (Phi) is 17.8. The largest absolute Gasteiger partial charge is 0.391 e. The molecule has 0 saturated carbocycles. The van der Waals surface area contributed by atoms with E-state index in [4.69, 9.17) is 5.73 Å². The molecule has 1 aliphatic heterocycles. The first-order valence-corrected chi connectivity index (χ1v) is 17.2. The Balaban J connectivity index is 3.19. The highest BCUT2D eigenvalue weighted by atomic mass is 16.3. The molecule has 49 heavy (non-hydrogen) atoms. The van der Waals surface area contributed by atoms with Gasteiger partial charge in [0.1, 0.15) is 36.5 Å². The number of hydrogen-bond donors (Lipinski definition) is 8. The predicted molar refractivity (Wildman–Crippen MR) is 181 cm³/mol. The molecule has 1 rings (SSSR count). The maximum absolute atomic E-state index is 14.0. The summed E-state index contributed by atoms with van der Waals surface area (Å²) >= 11 is 0. The van der Waals surface area contributed by atoms with Gasteiger partial charge in [0.05, 0.1) is 24.3 Å². The average Bonchev–Trinajstić information content (AvgIpc) is 3.55. The van der Waals surface area contributed by atoms with Crippen LogP contribution in [0, 0.1) is 17.8 Å². The summed E-state index contributed by atoms with van der Waals surface area (Å²) < 4.78 is 0. The first kappa shape index (κ1) is 43.4. The molecule has 0 spiro atoms. The molecule has 1 fully saturated rings. The number of carbonyl (C=O) groups is 7. The third-order valence-electron chi connectivity index (χ3n) is 9.12. The second-order valence-electron chi connectivity index (χ2n) is 13.6. The molecular formula is C33H59N7O9. The zero-order valence-corrected chi connectivity index (χ0v) is 30.3. The average molecular weight is 698 g/mol. The number of nitrogens with zero attached hydrogens (tertiary/aromatic N) is 1. The van der Waals surface area contributed by atoms with Gasteiger partial charge >= 0.3 is 0 Å². The van der Waals surface area contributed by atoms with Gasteiger partial charge in [0, 0.05) is 6.54 Å². The highest BCUT2D eigenvalue weighted by Crippen LogP contribution is 2.22. The molecule has 11 atom stereocenters. The molecule has 0 aromatic heterocycles. The topological polar surface area (TPSA) is 249 Å². The molecule has 0 radical (unpaired) electrons. The highest BCUT2D eigenvalue weighted by molar-refractivity contribution is 5.97. The van der Waals surface area contributed by atoms with Gasteiger partial charge < -0.3 is 52.2 Å². The number of nitrogens with one attached hydrogen (secondary N) is 5. The van der Waals surface area contributed by atoms with Crippen molar-refractivity contribution in [2.24, 2.45) is 23.5 Å². The first-order valence-electron chi connectivity index (χ1n) is 17.2. The summed E-state index contributed by atoms with van der Waals surface area (Å²) in [6.07, 6.45) is -0.269. The molecule has 16 nitrogen and oxygen atoms in total. The van der Waals surface area contributed by atoms with Crippen LogP contribution in [0.3, 0.4) is 0 Å². The lowest BCUT2D eigenvalue weighted by atomic mass is 9.96. The minimum absolute atomic E-state index is 0.178. The van der Waals surface area contributed by atoms with E-state index in [0.717, 1.165) is 0 Å². The Hall–Kier alpha value is -3.63. The molecule has 1 aliphatic rings. The second-order valence-corrected chi connectivity index (χ2v) is 13.6. The molecule has 1 heterocycles. The van der Waals surface area contributed by atoms with Crippen molar-refractivity contribution in [3.05, 3.63) is 0 Å². The van der Waals surface area contributed by atoms with Gasteiger partial charge in [-0.05, 0) is 51.4 Å². The van der Waals surface area contributed by atoms with E-state index in [1.165, 1.54) is 25.7 Å². The molecule has 6 amide bonds. The summed E-state index contributed by atoms with van der Waals surface area (Å²) in [4.78, 5) is 92.0. The lowest BCUT2D eigenvalue weighted by molar-refractivity contribution is -0.144. The molecule has 280 valence electrons. The van der Waals surface area contributed by atoms with Crippen LogP contribution in [-0.2, 0) is 33.6 Å². The molecule has 0 bridgehead atoms. The molecule has 0 aliphatic carbocycles. The van der Waals surface area contributed by atoms with E-state index < -0.39 is 102 Å². The fourth-order valence-electron chi connectivity index (χ4n) is 5.36. The van der Waals surface area contributed by atoms with Gasteiger partial charge in [-0.1, -0.05) is 54.4 Å². The number of rotatable bonds is 19. The third-order valence-corrected chi connectivity index (χ3v) is 9.12. The number of aliphatic hydroxyl groups is 2. The van der Waals surface area contributed by atoms with Crippen molar-refractivity contribution in [1.29, 1.82) is 0 Å². The lowest BCUT2D eigenvalue weighted by Gasteiger charge is -2.34. The van der Waals surface area contributed by atoms with Crippen molar-refractivity contribution >= 4 is 41.7 Å². The standard InChI is InChI=1S/C33H59N7O9/c1-10-17(5)23(34)29(45)38-27(21(9)43)32(48)37-25(18(6)11-2)33(49)40-14-12-13-22(40)28(44)36-24(16(3)4)30(46)39-26(20(8)42)31(47)35-19(7)15-41/h15-27,42-43H,10-14,34H2,1-9H3,(H,35,47)(H,36,44)(H,37,48)(H,38,45)(H,39,46)/t17-,18-,19-,20+,21+,22-,23-,24-,25-,26-,27-/m0/s1. The van der Waals surface area contributed by atoms with Crippen molar-refractivity contribution in [3.63, 3.8) is 0 Å². The number of nitrogens with two attached hydrogens (primary N) is 1. The van der Waals surface area contributed by atoms with Crippen LogP contribution < -0.4 is 32.3 Å². The molecule has 0 unspecified atom stereocenters. The van der Waals surface area contributed by atoms with Gasteiger partial charge in [0.2, 0.25) is 35.4 Å². The maximum Gasteiger partial charge on any atom is 0.246 e. The van der Waals surface area contributed by atoms with Crippen molar-refractivity contribution < 1.29 is 43.8 Å². The number of amides is 6. The minimum atomic E-state index is -1.40. The zero-order chi connectivity index (χ0) is 37.7. The number of aliphatic hydroxyl groups excluding tert-OH is 2. The van der Waals surface area contributed by atoms with Gasteiger partial charge in [0.15, 0.2) is 0 Å². The van der Waals surface area contributed by atoms with Gasteiger partial charge in [0.25, 0.3) is 0 Å². The first-order chi connectivity index (χ1) is 22.8. The van der Waals surface area contributed by atoms with Crippen LogP contribution in [0.25, 0.3) is 0 Å². The summed E-state index contributed by atoms with van der Waals surface area (Å²) in [6.45, 7) is 14.9. The molecule has 1 saturated heterocycles. The van der Waals surface area contributed by atoms with Crippen molar-refractivity contribution in [1.82, 2.24) is 31.5 Å². The third kappa shape index (κ3) is 12.3. The minimum Gasteiger partial charge on any atom is -0.391 e. The highest BCUT2D eigenvalue weighted by Gasteiger charge is 2.42. The monoisotopic (exact) mass is 697 g/mol. The Morgan fingerprint density at radius 2 is 1.18 bits per heavy atom. The van der Waals surface area contributed by atoms with Crippen LogP contribution in [0.5, 0.6) is 0 Å². The van der Waals surface area contributed by atoms with E-state index >= 15 is 0 Å². The summed E-state index contributed by atoms with van der Waals surface area (Å²) in [6, 6.07) is -7.79. The fourth-order valence-corrected chi connectivity index (χ4v) is 5.36. The second kappa shape index (κ2) is 20.1. The number of hydrogen-bond acceptors (Lipinski definition) is 10. The number of carbonyl (C=O) groups excluding carboxylic acids is 7. The van der Waals surface area contributed by atoms with E-state index in [-0.39, 0.29) is 18.9 Å². The van der Waals surface area contributed by atoms with Crippen LogP contribution >= 0.6 is 0 Å². The van der Waals surface area contributed by atoms with Gasteiger partial charge in [-0.3, -0.25) is 28.8 Å². The van der Waals surface area contributed by atoms with Crippen molar-refractivity contribution in [2.75, 3.05) is 6.54 Å². The van der Waals surface area contributed by atoms with Crippen LogP contribution in [0.2, 0.25) is 0 Å². The molecule has 0 aromatic rings. The van der Waals surface area contributed by atoms with E-state index in [1.807, 2.05) is 13.8 Å². The maximum atomic E-state index is 14.0. The van der Waals surface area contributed by atoms with Crippen LogP contribution in [0.4, 0.5) is 0 Å². The lowest BCUT2D eigenvalue weighted by Crippen LogP contribution is -2.62. The smallest absolute Gasteiger partial charge is 0.246 e. The van der Waals surface area contributed by atoms with E-state index in [1.54, 1.807) is 27.7 Å². The SMILES string of the molecule is CC[C@H](C)[C@H](N)C(=O)N[C@H](C(=O)N[C@H](C(=O)N1CCC[C@H]1C(=O)N[C@H](C(=O)N[C@H](C(=O)N[C@@H](C)C=O)[C@@H](C)O)C(C)C)[C@@H](C)CC)[C@@H](C)O. The fraction of sp³-hybridized carbons (Fsp3) is 0.788. The van der Waals surface area contributed by atoms with Crippen LogP contribution in [0.15, 0.2) is 0 Å². The summed E-state index contributed by atoms with van der Waals surface area (Å²) in [7, 11) is 0. The quantitative estimate of drug-likeness (QED) is 0.0723. The summed E-state index contributed by atoms with van der Waals surface area (Å²) in [5.74, 6) is -5.11. The van der Waals surface area contributed by atoms with Gasteiger partial charge in [-0.15, -0.1) is 0 Å². The molecule has 16 heteroatoms. The number of likely N-dealkylation sites (tertiary alicyclic amines) is 1.